The number of halogens is 1. The van der Waals surface area contributed by atoms with Crippen LogP contribution < -0.4 is 4.90 Å². The van der Waals surface area contributed by atoms with Gasteiger partial charge in [-0.2, -0.15) is 0 Å². The molecular formula is C12H12ClNO2. The quantitative estimate of drug-likeness (QED) is 0.705. The van der Waals surface area contributed by atoms with Crippen molar-refractivity contribution < 1.29 is 9.59 Å². The maximum absolute atomic E-state index is 11.7. The molecule has 1 aromatic carbocycles. The number of anilines is 1. The number of piperidine rings is 1. The molecule has 16 heavy (non-hydrogen) atoms. The van der Waals surface area contributed by atoms with Crippen LogP contribution in [-0.4, -0.2) is 11.8 Å². The molecule has 2 rings (SSSR count). The van der Waals surface area contributed by atoms with Gasteiger partial charge in [0, 0.05) is 17.9 Å². The molecule has 1 aliphatic heterocycles. The van der Waals surface area contributed by atoms with Crippen LogP contribution in [-0.2, 0) is 9.59 Å². The van der Waals surface area contributed by atoms with Gasteiger partial charge >= 0.3 is 0 Å². The number of hydrogen-bond donors (Lipinski definition) is 0. The first-order valence-electron chi connectivity index (χ1n) is 5.21. The molecule has 0 N–H and O–H groups in total. The zero-order chi connectivity index (χ0) is 11.7. The number of benzene rings is 1. The van der Waals surface area contributed by atoms with E-state index in [1.165, 1.54) is 4.90 Å². The van der Waals surface area contributed by atoms with Crippen LogP contribution in [0.5, 0.6) is 0 Å². The van der Waals surface area contributed by atoms with Gasteiger partial charge in [0.1, 0.15) is 0 Å². The van der Waals surface area contributed by atoms with E-state index in [1.807, 2.05) is 13.0 Å². The molecular weight excluding hydrogens is 226 g/mol. The summed E-state index contributed by atoms with van der Waals surface area (Å²) in [7, 11) is 0. The van der Waals surface area contributed by atoms with Gasteiger partial charge in [0.05, 0.1) is 5.69 Å². The van der Waals surface area contributed by atoms with Crippen LogP contribution in [0.4, 0.5) is 5.69 Å². The Bertz CT molecular complexity index is 440. The lowest BCUT2D eigenvalue weighted by molar-refractivity contribution is -0.129. The van der Waals surface area contributed by atoms with Gasteiger partial charge in [-0.25, -0.2) is 0 Å². The van der Waals surface area contributed by atoms with Gasteiger partial charge < -0.3 is 0 Å². The molecule has 3 nitrogen and oxygen atoms in total. The first-order valence-corrected chi connectivity index (χ1v) is 5.59. The first kappa shape index (κ1) is 11.1. The van der Waals surface area contributed by atoms with Crippen molar-refractivity contribution in [3.63, 3.8) is 0 Å². The number of nitrogens with zero attached hydrogens (tertiary/aromatic N) is 1. The van der Waals surface area contributed by atoms with Gasteiger partial charge in [-0.1, -0.05) is 17.7 Å². The predicted molar refractivity (Wildman–Crippen MR) is 62.5 cm³/mol. The molecule has 0 saturated carbocycles. The number of amides is 2. The van der Waals surface area contributed by atoms with Crippen molar-refractivity contribution in [3.8, 4) is 0 Å². The predicted octanol–water partition coefficient (Wildman–Crippen LogP) is 2.69. The van der Waals surface area contributed by atoms with Crippen LogP contribution in [0.3, 0.4) is 0 Å². The van der Waals surface area contributed by atoms with Crippen molar-refractivity contribution in [1.82, 2.24) is 0 Å². The zero-order valence-corrected chi connectivity index (χ0v) is 9.75. The highest BCUT2D eigenvalue weighted by atomic mass is 35.5. The van der Waals surface area contributed by atoms with Crippen LogP contribution in [0.1, 0.15) is 24.8 Å². The van der Waals surface area contributed by atoms with Gasteiger partial charge in [-0.05, 0) is 31.0 Å². The number of hydrogen-bond acceptors (Lipinski definition) is 2. The molecule has 1 aromatic rings. The lowest BCUT2D eigenvalue weighted by Gasteiger charge is -2.26. The Kier molecular flexibility index (Phi) is 2.97. The molecule has 0 radical (unpaired) electrons. The molecule has 1 heterocycles. The molecule has 0 unspecified atom stereocenters. The minimum absolute atomic E-state index is 0.137. The summed E-state index contributed by atoms with van der Waals surface area (Å²) in [6, 6.07) is 5.23. The summed E-state index contributed by atoms with van der Waals surface area (Å²) in [6.45, 7) is 1.86. The maximum Gasteiger partial charge on any atom is 0.233 e. The van der Waals surface area contributed by atoms with Gasteiger partial charge in [-0.3, -0.25) is 14.5 Å². The zero-order valence-electron chi connectivity index (χ0n) is 9.00. The molecule has 0 atom stereocenters. The highest BCUT2D eigenvalue weighted by Gasteiger charge is 2.28. The van der Waals surface area contributed by atoms with E-state index in [0.29, 0.717) is 30.0 Å². The van der Waals surface area contributed by atoms with Gasteiger partial charge in [0.25, 0.3) is 0 Å². The molecule has 1 saturated heterocycles. The van der Waals surface area contributed by atoms with E-state index < -0.39 is 0 Å². The van der Waals surface area contributed by atoms with E-state index in [2.05, 4.69) is 0 Å². The topological polar surface area (TPSA) is 37.4 Å². The molecule has 84 valence electrons. The Morgan fingerprint density at radius 2 is 1.81 bits per heavy atom. The minimum Gasteiger partial charge on any atom is -0.274 e. The van der Waals surface area contributed by atoms with Crippen LogP contribution in [0.25, 0.3) is 0 Å². The average Bonchev–Trinajstić information content (AvgIpc) is 2.23. The maximum atomic E-state index is 11.7. The number of carbonyl (C=O) groups excluding carboxylic acids is 2. The molecule has 0 spiro atoms. The Hall–Kier alpha value is -1.35. The normalized spacial score (nSPS) is 16.8. The fourth-order valence-electron chi connectivity index (χ4n) is 1.85. The summed E-state index contributed by atoms with van der Waals surface area (Å²) < 4.78 is 0. The van der Waals surface area contributed by atoms with E-state index in [1.54, 1.807) is 12.1 Å². The third kappa shape index (κ3) is 1.95. The monoisotopic (exact) mass is 237 g/mol. The lowest BCUT2D eigenvalue weighted by atomic mass is 10.1. The third-order valence-electron chi connectivity index (χ3n) is 2.69. The standard InChI is InChI=1S/C12H12ClNO2/c1-8-5-6-9(13)7-10(8)14-11(15)3-2-4-12(14)16/h5-7H,2-4H2,1H3. The van der Waals surface area contributed by atoms with Gasteiger partial charge in [-0.15, -0.1) is 0 Å². The highest BCUT2D eigenvalue weighted by molar-refractivity contribution is 6.31. The smallest absolute Gasteiger partial charge is 0.233 e. The minimum atomic E-state index is -0.137. The van der Waals surface area contributed by atoms with Crippen LogP contribution in [0.2, 0.25) is 5.02 Å². The fourth-order valence-corrected chi connectivity index (χ4v) is 2.01. The molecule has 0 aliphatic carbocycles. The summed E-state index contributed by atoms with van der Waals surface area (Å²) in [5.74, 6) is -0.275. The van der Waals surface area contributed by atoms with Gasteiger partial charge in [0.2, 0.25) is 11.8 Å². The molecule has 1 aliphatic rings. The Balaban J connectivity index is 2.45. The number of aryl methyl sites for hydroxylation is 1. The van der Waals surface area contributed by atoms with Crippen molar-refractivity contribution >= 4 is 29.1 Å². The molecule has 4 heteroatoms. The van der Waals surface area contributed by atoms with Crippen molar-refractivity contribution in [2.75, 3.05) is 4.90 Å². The number of imide groups is 1. The van der Waals surface area contributed by atoms with E-state index in [0.717, 1.165) is 5.56 Å². The number of carbonyl (C=O) groups is 2. The van der Waals surface area contributed by atoms with Crippen LogP contribution in [0, 0.1) is 6.92 Å². The Morgan fingerprint density at radius 3 is 2.44 bits per heavy atom. The largest absolute Gasteiger partial charge is 0.274 e. The van der Waals surface area contributed by atoms with Crippen molar-refractivity contribution in [2.45, 2.75) is 26.2 Å². The van der Waals surface area contributed by atoms with Crippen molar-refractivity contribution in [1.29, 1.82) is 0 Å². The van der Waals surface area contributed by atoms with Crippen LogP contribution in [0.15, 0.2) is 18.2 Å². The average molecular weight is 238 g/mol. The van der Waals surface area contributed by atoms with Crippen molar-refractivity contribution in [2.24, 2.45) is 0 Å². The summed E-state index contributed by atoms with van der Waals surface area (Å²) in [4.78, 5) is 24.7. The summed E-state index contributed by atoms with van der Waals surface area (Å²) >= 11 is 5.88. The third-order valence-corrected chi connectivity index (χ3v) is 2.93. The number of rotatable bonds is 1. The lowest BCUT2D eigenvalue weighted by Crippen LogP contribution is -2.40. The second-order valence-corrected chi connectivity index (χ2v) is 4.34. The summed E-state index contributed by atoms with van der Waals surface area (Å²) in [5.41, 5.74) is 1.50. The highest BCUT2D eigenvalue weighted by Crippen LogP contribution is 2.28. The molecule has 1 fully saturated rings. The van der Waals surface area contributed by atoms with Gasteiger partial charge in [0.15, 0.2) is 0 Å². The Labute approximate surface area is 99.0 Å². The summed E-state index contributed by atoms with van der Waals surface area (Å²) in [6.07, 6.45) is 1.50. The SMILES string of the molecule is Cc1ccc(Cl)cc1N1C(=O)CCCC1=O. The second-order valence-electron chi connectivity index (χ2n) is 3.91. The first-order chi connectivity index (χ1) is 7.59. The van der Waals surface area contributed by atoms with Crippen LogP contribution >= 0.6 is 11.6 Å². The van der Waals surface area contributed by atoms with Crippen molar-refractivity contribution in [3.05, 3.63) is 28.8 Å². The van der Waals surface area contributed by atoms with E-state index in [-0.39, 0.29) is 11.8 Å². The van der Waals surface area contributed by atoms with E-state index in [4.69, 9.17) is 11.6 Å². The molecule has 0 bridgehead atoms. The molecule has 0 aromatic heterocycles. The second kappa shape index (κ2) is 4.26. The summed E-state index contributed by atoms with van der Waals surface area (Å²) in [5, 5.41) is 0.534. The van der Waals surface area contributed by atoms with E-state index in [9.17, 15) is 9.59 Å². The van der Waals surface area contributed by atoms with E-state index >= 15 is 0 Å². The Morgan fingerprint density at radius 1 is 1.19 bits per heavy atom. The fraction of sp³-hybridized carbons (Fsp3) is 0.333. The molecule has 2 amide bonds.